The molecule has 0 radical (unpaired) electrons. The van der Waals surface area contributed by atoms with Gasteiger partial charge in [-0.2, -0.15) is 4.98 Å². The van der Waals surface area contributed by atoms with E-state index in [4.69, 9.17) is 18.5 Å². The van der Waals surface area contributed by atoms with Gasteiger partial charge >= 0.3 is 0 Å². The lowest BCUT2D eigenvalue weighted by Crippen LogP contribution is -1.99. The molecule has 4 aromatic rings. The molecule has 0 bridgehead atoms. The molecule has 0 spiro atoms. The van der Waals surface area contributed by atoms with Gasteiger partial charge in [0.15, 0.2) is 18.8 Å². The van der Waals surface area contributed by atoms with E-state index in [1.165, 1.54) is 0 Å². The van der Waals surface area contributed by atoms with Crippen LogP contribution in [0.5, 0.6) is 11.5 Å². The van der Waals surface area contributed by atoms with E-state index >= 15 is 0 Å². The summed E-state index contributed by atoms with van der Waals surface area (Å²) < 4.78 is 21.6. The predicted octanol–water partition coefficient (Wildman–Crippen LogP) is 3.68. The Labute approximate surface area is 143 Å². The van der Waals surface area contributed by atoms with Crippen LogP contribution < -0.4 is 9.47 Å². The van der Waals surface area contributed by atoms with Crippen LogP contribution in [0, 0.1) is 6.92 Å². The van der Waals surface area contributed by atoms with Gasteiger partial charge in [-0.15, -0.1) is 0 Å². The number of fused-ring (bicyclic) bond motifs is 1. The molecule has 4 rings (SSSR count). The summed E-state index contributed by atoms with van der Waals surface area (Å²) in [5.74, 6) is 2.23. The van der Waals surface area contributed by atoms with Crippen molar-refractivity contribution in [2.24, 2.45) is 0 Å². The van der Waals surface area contributed by atoms with E-state index in [2.05, 4.69) is 15.3 Å². The van der Waals surface area contributed by atoms with Crippen molar-refractivity contribution in [3.63, 3.8) is 0 Å². The second-order valence-corrected chi connectivity index (χ2v) is 5.42. The first-order valence-corrected chi connectivity index (χ1v) is 7.76. The molecule has 0 saturated heterocycles. The average Bonchev–Trinajstić information content (AvgIpc) is 3.26. The maximum absolute atomic E-state index is 5.66. The van der Waals surface area contributed by atoms with E-state index in [0.29, 0.717) is 23.0 Å². The van der Waals surface area contributed by atoms with Gasteiger partial charge in [0.25, 0.3) is 5.89 Å². The Morgan fingerprint density at radius 1 is 0.880 bits per heavy atom. The van der Waals surface area contributed by atoms with Crippen molar-refractivity contribution in [2.75, 3.05) is 0 Å². The highest BCUT2D eigenvalue weighted by atomic mass is 16.5. The minimum absolute atomic E-state index is 0.164. The Morgan fingerprint density at radius 3 is 2.60 bits per heavy atom. The van der Waals surface area contributed by atoms with Crippen LogP contribution in [-0.4, -0.2) is 15.3 Å². The Kier molecular flexibility index (Phi) is 4.04. The van der Waals surface area contributed by atoms with E-state index in [-0.39, 0.29) is 13.2 Å². The third-order valence-electron chi connectivity index (χ3n) is 3.61. The molecule has 0 aliphatic heterocycles. The van der Waals surface area contributed by atoms with Gasteiger partial charge in [-0.3, -0.25) is 0 Å². The van der Waals surface area contributed by atoms with Gasteiger partial charge in [0, 0.05) is 11.5 Å². The number of ether oxygens (including phenoxy) is 2. The molecule has 0 saturated carbocycles. The third kappa shape index (κ3) is 3.45. The van der Waals surface area contributed by atoms with E-state index in [1.54, 1.807) is 6.07 Å². The maximum atomic E-state index is 5.66. The SMILES string of the molecule is Cc1noc2cc(OCc3nc(COc4ccccc4)no3)ccc12. The van der Waals surface area contributed by atoms with Crippen LogP contribution in [0.25, 0.3) is 11.0 Å². The fourth-order valence-electron chi connectivity index (χ4n) is 2.35. The maximum Gasteiger partial charge on any atom is 0.264 e. The Balaban J connectivity index is 1.35. The van der Waals surface area contributed by atoms with Crippen LogP contribution >= 0.6 is 0 Å². The van der Waals surface area contributed by atoms with Crippen molar-refractivity contribution in [1.29, 1.82) is 0 Å². The van der Waals surface area contributed by atoms with Gasteiger partial charge in [0.1, 0.15) is 11.5 Å². The summed E-state index contributed by atoms with van der Waals surface area (Å²) in [6.07, 6.45) is 0. The Bertz CT molecular complexity index is 978. The van der Waals surface area contributed by atoms with Crippen LogP contribution in [0.4, 0.5) is 0 Å². The van der Waals surface area contributed by atoms with Gasteiger partial charge < -0.3 is 18.5 Å². The zero-order valence-corrected chi connectivity index (χ0v) is 13.5. The number of hydrogen-bond acceptors (Lipinski definition) is 7. The number of nitrogens with zero attached hydrogens (tertiary/aromatic N) is 3. The fourth-order valence-corrected chi connectivity index (χ4v) is 2.35. The first-order chi connectivity index (χ1) is 12.3. The third-order valence-corrected chi connectivity index (χ3v) is 3.61. The molecule has 2 aromatic heterocycles. The Morgan fingerprint density at radius 2 is 1.72 bits per heavy atom. The normalized spacial score (nSPS) is 10.9. The lowest BCUT2D eigenvalue weighted by molar-refractivity contribution is 0.240. The molecule has 7 nitrogen and oxygen atoms in total. The molecule has 0 aliphatic rings. The van der Waals surface area contributed by atoms with E-state index in [9.17, 15) is 0 Å². The summed E-state index contributed by atoms with van der Waals surface area (Å²) in [5.41, 5.74) is 1.53. The number of aromatic nitrogens is 3. The largest absolute Gasteiger partial charge is 0.485 e. The summed E-state index contributed by atoms with van der Waals surface area (Å²) in [7, 11) is 0. The van der Waals surface area contributed by atoms with E-state index in [0.717, 1.165) is 16.8 Å². The molecule has 2 heterocycles. The quantitative estimate of drug-likeness (QED) is 0.530. The lowest BCUT2D eigenvalue weighted by Gasteiger charge is -2.02. The molecule has 0 atom stereocenters. The second-order valence-electron chi connectivity index (χ2n) is 5.42. The second kappa shape index (κ2) is 6.64. The number of hydrogen-bond donors (Lipinski definition) is 0. The van der Waals surface area contributed by atoms with Crippen LogP contribution in [0.15, 0.2) is 57.6 Å². The molecule has 0 N–H and O–H groups in total. The number of para-hydroxylation sites is 1. The molecule has 0 amide bonds. The highest BCUT2D eigenvalue weighted by Gasteiger charge is 2.09. The van der Waals surface area contributed by atoms with Crippen molar-refractivity contribution in [3.8, 4) is 11.5 Å². The predicted molar refractivity (Wildman–Crippen MR) is 88.2 cm³/mol. The smallest absolute Gasteiger partial charge is 0.264 e. The minimum Gasteiger partial charge on any atom is -0.485 e. The summed E-state index contributed by atoms with van der Waals surface area (Å²) >= 11 is 0. The van der Waals surface area contributed by atoms with Gasteiger partial charge in [0.05, 0.1) is 5.69 Å². The zero-order chi connectivity index (χ0) is 17.1. The summed E-state index contributed by atoms with van der Waals surface area (Å²) in [4.78, 5) is 4.24. The standard InChI is InChI=1S/C18H15N3O4/c1-12-15-8-7-14(9-16(15)24-20-12)23-11-18-19-17(21-25-18)10-22-13-5-3-2-4-6-13/h2-9H,10-11H2,1H3. The summed E-state index contributed by atoms with van der Waals surface area (Å²) in [5, 5.41) is 8.76. The van der Waals surface area contributed by atoms with Gasteiger partial charge in [-0.05, 0) is 31.2 Å². The van der Waals surface area contributed by atoms with E-state index < -0.39 is 0 Å². The first-order valence-electron chi connectivity index (χ1n) is 7.76. The Hall–Kier alpha value is -3.35. The highest BCUT2D eigenvalue weighted by Crippen LogP contribution is 2.23. The van der Waals surface area contributed by atoms with Gasteiger partial charge in [-0.25, -0.2) is 0 Å². The molecule has 0 fully saturated rings. The average molecular weight is 337 g/mol. The zero-order valence-electron chi connectivity index (χ0n) is 13.5. The first kappa shape index (κ1) is 15.2. The van der Waals surface area contributed by atoms with E-state index in [1.807, 2.05) is 49.4 Å². The van der Waals surface area contributed by atoms with Gasteiger partial charge in [0.2, 0.25) is 5.82 Å². The van der Waals surface area contributed by atoms with Crippen LogP contribution in [0.1, 0.15) is 17.4 Å². The van der Waals surface area contributed by atoms with Crippen molar-refractivity contribution < 1.29 is 18.5 Å². The van der Waals surface area contributed by atoms with Crippen LogP contribution in [0.2, 0.25) is 0 Å². The minimum atomic E-state index is 0.164. The highest BCUT2D eigenvalue weighted by molar-refractivity contribution is 5.80. The number of aryl methyl sites for hydroxylation is 1. The van der Waals surface area contributed by atoms with Crippen molar-refractivity contribution in [1.82, 2.24) is 15.3 Å². The lowest BCUT2D eigenvalue weighted by atomic mass is 10.2. The summed E-state index contributed by atoms with van der Waals surface area (Å²) in [6, 6.07) is 15.0. The molecule has 7 heteroatoms. The fraction of sp³-hybridized carbons (Fsp3) is 0.167. The van der Waals surface area contributed by atoms with Gasteiger partial charge in [-0.1, -0.05) is 28.5 Å². The van der Waals surface area contributed by atoms with Crippen LogP contribution in [0.3, 0.4) is 0 Å². The van der Waals surface area contributed by atoms with Crippen LogP contribution in [-0.2, 0) is 13.2 Å². The van der Waals surface area contributed by atoms with Crippen molar-refractivity contribution in [3.05, 3.63) is 65.9 Å². The molecule has 2 aromatic carbocycles. The molecule has 25 heavy (non-hydrogen) atoms. The molecular weight excluding hydrogens is 322 g/mol. The molecular formula is C18H15N3O4. The molecule has 0 unspecified atom stereocenters. The van der Waals surface area contributed by atoms with Crippen molar-refractivity contribution in [2.45, 2.75) is 20.1 Å². The number of benzene rings is 2. The number of rotatable bonds is 6. The monoisotopic (exact) mass is 337 g/mol. The molecule has 126 valence electrons. The summed E-state index contributed by atoms with van der Waals surface area (Å²) in [6.45, 7) is 2.29. The topological polar surface area (TPSA) is 83.4 Å². The van der Waals surface area contributed by atoms with Crippen molar-refractivity contribution >= 4 is 11.0 Å². The molecule has 0 aliphatic carbocycles.